The number of urea groups is 1. The number of amides is 2. The molecule has 0 aromatic carbocycles. The van der Waals surface area contributed by atoms with Crippen LogP contribution in [0, 0.1) is 5.41 Å². The lowest BCUT2D eigenvalue weighted by atomic mass is 9.80. The van der Waals surface area contributed by atoms with Gasteiger partial charge in [0.25, 0.3) is 0 Å². The van der Waals surface area contributed by atoms with Gasteiger partial charge in [0.2, 0.25) is 0 Å². The fraction of sp³-hybridized carbons (Fsp3) is 0.905. The average Bonchev–Trinajstić information content (AvgIpc) is 2.49. The first-order chi connectivity index (χ1) is 12.2. The largest absolute Gasteiger partial charge is 0.327 e. The van der Waals surface area contributed by atoms with Crippen LogP contribution in [0.4, 0.5) is 4.79 Å². The van der Waals surface area contributed by atoms with Gasteiger partial charge in [-0.2, -0.15) is 11.8 Å². The number of hydrogen-bond acceptors (Lipinski definition) is 4. The number of ketones is 1. The molecule has 0 aromatic rings. The molecule has 0 aliphatic heterocycles. The summed E-state index contributed by atoms with van der Waals surface area (Å²) in [7, 11) is 1.76. The number of Topliss-reactive ketones (excluding diaryl/α,β-unsaturated/α-hetero) is 1. The molecule has 0 radical (unpaired) electrons. The molecule has 0 aromatic heterocycles. The van der Waals surface area contributed by atoms with Crippen molar-refractivity contribution in [3.63, 3.8) is 0 Å². The molecule has 0 fully saturated rings. The third-order valence-electron chi connectivity index (χ3n) is 4.17. The van der Waals surface area contributed by atoms with Crippen molar-refractivity contribution in [1.82, 2.24) is 15.5 Å². The lowest BCUT2D eigenvalue weighted by Gasteiger charge is -2.33. The van der Waals surface area contributed by atoms with Gasteiger partial charge in [-0.3, -0.25) is 4.79 Å². The van der Waals surface area contributed by atoms with Gasteiger partial charge in [-0.1, -0.05) is 48.0 Å². The molecule has 160 valence electrons. The number of rotatable bonds is 11. The van der Waals surface area contributed by atoms with Crippen LogP contribution in [-0.2, 0) is 4.79 Å². The van der Waals surface area contributed by atoms with Gasteiger partial charge in [0.1, 0.15) is 0 Å². The minimum absolute atomic E-state index is 0.0273. The fourth-order valence-corrected chi connectivity index (χ4v) is 3.70. The Kier molecular flexibility index (Phi) is 11.0. The molecule has 0 aliphatic carbocycles. The molecule has 6 heteroatoms. The van der Waals surface area contributed by atoms with Crippen molar-refractivity contribution in [3.05, 3.63) is 0 Å². The maximum absolute atomic E-state index is 12.5. The molecule has 0 atom stereocenters. The predicted octanol–water partition coefficient (Wildman–Crippen LogP) is 4.31. The van der Waals surface area contributed by atoms with Crippen molar-refractivity contribution in [2.45, 2.75) is 84.9 Å². The number of carbonyl (C=O) groups excluding carboxylic acids is 2. The molecule has 27 heavy (non-hydrogen) atoms. The van der Waals surface area contributed by atoms with Gasteiger partial charge in [-0.25, -0.2) is 4.79 Å². The fourth-order valence-electron chi connectivity index (χ4n) is 2.74. The van der Waals surface area contributed by atoms with Gasteiger partial charge in [0, 0.05) is 30.3 Å². The van der Waals surface area contributed by atoms with Gasteiger partial charge < -0.3 is 15.5 Å². The molecule has 0 saturated carbocycles. The summed E-state index contributed by atoms with van der Waals surface area (Å²) in [5, 5.41) is 6.25. The highest BCUT2D eigenvalue weighted by molar-refractivity contribution is 8.00. The monoisotopic (exact) mass is 401 g/mol. The average molecular weight is 402 g/mol. The molecule has 5 nitrogen and oxygen atoms in total. The zero-order valence-electron chi connectivity index (χ0n) is 19.1. The summed E-state index contributed by atoms with van der Waals surface area (Å²) in [5.74, 6) is 1.25. The summed E-state index contributed by atoms with van der Waals surface area (Å²) in [6, 6.07) is -0.210. The van der Waals surface area contributed by atoms with Crippen LogP contribution in [0.15, 0.2) is 0 Å². The zero-order valence-corrected chi connectivity index (χ0v) is 19.9. The quantitative estimate of drug-likeness (QED) is 0.506. The Hall–Kier alpha value is -0.750. The smallest absolute Gasteiger partial charge is 0.317 e. The molecule has 0 rings (SSSR count). The summed E-state index contributed by atoms with van der Waals surface area (Å²) in [6.45, 7) is 18.3. The Bertz CT molecular complexity index is 465. The van der Waals surface area contributed by atoms with Crippen LogP contribution in [0.1, 0.15) is 74.7 Å². The number of likely N-dealkylation sites (N-methyl/N-ethyl adjacent to an activating group) is 1. The van der Waals surface area contributed by atoms with Crippen molar-refractivity contribution in [3.8, 4) is 0 Å². The molecule has 0 bridgehead atoms. The Morgan fingerprint density at radius 2 is 1.48 bits per heavy atom. The molecule has 0 spiro atoms. The second kappa shape index (κ2) is 11.3. The van der Waals surface area contributed by atoms with Gasteiger partial charge in [0.15, 0.2) is 5.78 Å². The standard InChI is InChI=1S/C21H43N3O2S/c1-19(2,3)17(25)21(7,8)23-18(26)24(9)15-14-22-13-11-10-12-16-27-20(4,5)6/h22H,10-16H2,1-9H3,(H,23,26). The van der Waals surface area contributed by atoms with E-state index in [1.807, 2.05) is 32.5 Å². The molecule has 0 saturated heterocycles. The van der Waals surface area contributed by atoms with Crippen molar-refractivity contribution in [1.29, 1.82) is 0 Å². The SMILES string of the molecule is CN(CCNCCCCCSC(C)(C)C)C(=O)NC(C)(C)C(=O)C(C)(C)C. The molecule has 0 unspecified atom stereocenters. The van der Waals surface area contributed by atoms with Crippen LogP contribution >= 0.6 is 11.8 Å². The van der Waals surface area contributed by atoms with Crippen molar-refractivity contribution in [2.75, 3.05) is 32.4 Å². The first-order valence-electron chi connectivity index (χ1n) is 10.1. The zero-order chi connectivity index (χ0) is 21.3. The summed E-state index contributed by atoms with van der Waals surface area (Å²) >= 11 is 2.02. The predicted molar refractivity (Wildman–Crippen MR) is 119 cm³/mol. The van der Waals surface area contributed by atoms with Crippen molar-refractivity contribution >= 4 is 23.6 Å². The van der Waals surface area contributed by atoms with Crippen LogP contribution in [0.5, 0.6) is 0 Å². The Labute approximate surface area is 171 Å². The van der Waals surface area contributed by atoms with Gasteiger partial charge in [-0.05, 0) is 39.0 Å². The minimum atomic E-state index is -0.873. The first kappa shape index (κ1) is 26.2. The summed E-state index contributed by atoms with van der Waals surface area (Å²) in [6.07, 6.45) is 3.64. The molecule has 2 amide bonds. The third kappa shape index (κ3) is 12.3. The maximum atomic E-state index is 12.5. The summed E-state index contributed by atoms with van der Waals surface area (Å²) in [4.78, 5) is 26.4. The number of thioether (sulfide) groups is 1. The topological polar surface area (TPSA) is 61.4 Å². The van der Waals surface area contributed by atoms with E-state index < -0.39 is 11.0 Å². The van der Waals surface area contributed by atoms with Gasteiger partial charge >= 0.3 is 6.03 Å². The number of hydrogen-bond donors (Lipinski definition) is 2. The number of carbonyl (C=O) groups is 2. The van der Waals surface area contributed by atoms with E-state index in [4.69, 9.17) is 0 Å². The molecule has 0 aliphatic rings. The second-order valence-electron chi connectivity index (χ2n) is 9.83. The Balaban J connectivity index is 3.94. The van der Waals surface area contributed by atoms with E-state index in [0.717, 1.165) is 19.5 Å². The van der Waals surface area contributed by atoms with E-state index in [0.29, 0.717) is 11.3 Å². The van der Waals surface area contributed by atoms with Crippen LogP contribution in [0.25, 0.3) is 0 Å². The van der Waals surface area contributed by atoms with Gasteiger partial charge in [-0.15, -0.1) is 0 Å². The first-order valence-corrected chi connectivity index (χ1v) is 11.1. The van der Waals surface area contributed by atoms with Crippen LogP contribution < -0.4 is 10.6 Å². The Morgan fingerprint density at radius 1 is 0.889 bits per heavy atom. The highest BCUT2D eigenvalue weighted by Gasteiger charge is 2.37. The Morgan fingerprint density at radius 3 is 2.00 bits per heavy atom. The highest BCUT2D eigenvalue weighted by atomic mass is 32.2. The summed E-state index contributed by atoms with van der Waals surface area (Å²) < 4.78 is 0.357. The maximum Gasteiger partial charge on any atom is 0.317 e. The number of nitrogens with zero attached hydrogens (tertiary/aromatic N) is 1. The van der Waals surface area contributed by atoms with Crippen molar-refractivity contribution in [2.24, 2.45) is 5.41 Å². The number of nitrogens with one attached hydrogen (secondary N) is 2. The summed E-state index contributed by atoms with van der Waals surface area (Å²) in [5.41, 5.74) is -1.36. The normalized spacial score (nSPS) is 12.8. The molecule has 2 N–H and O–H groups in total. The lowest BCUT2D eigenvalue weighted by molar-refractivity contribution is -0.131. The highest BCUT2D eigenvalue weighted by Crippen LogP contribution is 2.24. The van der Waals surface area contributed by atoms with E-state index >= 15 is 0 Å². The molecule has 0 heterocycles. The minimum Gasteiger partial charge on any atom is -0.327 e. The van der Waals surface area contributed by atoms with E-state index in [1.54, 1.807) is 25.8 Å². The van der Waals surface area contributed by atoms with E-state index in [9.17, 15) is 9.59 Å². The van der Waals surface area contributed by atoms with Gasteiger partial charge in [0.05, 0.1) is 5.54 Å². The third-order valence-corrected chi connectivity index (χ3v) is 5.53. The van der Waals surface area contributed by atoms with E-state index in [1.165, 1.54) is 18.6 Å². The second-order valence-corrected chi connectivity index (χ2v) is 11.7. The molecular formula is C21H43N3O2S. The van der Waals surface area contributed by atoms with Crippen LogP contribution in [-0.4, -0.2) is 59.4 Å². The van der Waals surface area contributed by atoms with Crippen LogP contribution in [0.2, 0.25) is 0 Å². The number of unbranched alkanes of at least 4 members (excludes halogenated alkanes) is 2. The molecular weight excluding hydrogens is 358 g/mol. The van der Waals surface area contributed by atoms with E-state index in [2.05, 4.69) is 31.4 Å². The van der Waals surface area contributed by atoms with Crippen molar-refractivity contribution < 1.29 is 9.59 Å². The van der Waals surface area contributed by atoms with Crippen LogP contribution in [0.3, 0.4) is 0 Å². The van der Waals surface area contributed by atoms with E-state index in [-0.39, 0.29) is 11.8 Å². The lowest BCUT2D eigenvalue weighted by Crippen LogP contribution is -2.57.